The second-order valence-corrected chi connectivity index (χ2v) is 7.35. The van der Waals surface area contributed by atoms with Crippen LogP contribution in [-0.4, -0.2) is 29.8 Å². The van der Waals surface area contributed by atoms with Crippen LogP contribution in [0.4, 0.5) is 4.79 Å². The van der Waals surface area contributed by atoms with Gasteiger partial charge in [-0.1, -0.05) is 26.2 Å². The van der Waals surface area contributed by atoms with Crippen molar-refractivity contribution in [3.05, 3.63) is 0 Å². The van der Waals surface area contributed by atoms with Crippen molar-refractivity contribution < 1.29 is 9.53 Å². The molecule has 4 heteroatoms. The molecule has 1 aliphatic rings. The maximum absolute atomic E-state index is 11.9. The zero-order chi connectivity index (χ0) is 15.9. The molecule has 1 saturated carbocycles. The lowest BCUT2D eigenvalue weighted by molar-refractivity contribution is 0.0497. The number of rotatable bonds is 7. The first-order chi connectivity index (χ1) is 9.81. The molecular formula is C17H34N2O2. The lowest BCUT2D eigenvalue weighted by Gasteiger charge is -2.27. The first-order valence-electron chi connectivity index (χ1n) is 8.57. The number of carbonyl (C=O) groups excluding carboxylic acids is 1. The Hall–Kier alpha value is -0.770. The average molecular weight is 298 g/mol. The molecule has 1 aliphatic carbocycles. The zero-order valence-electron chi connectivity index (χ0n) is 14.5. The standard InChI is InChI=1S/C17H34N2O2/c1-6-7-8-10-13(2)18-14-11-9-12-15(14)19-16(20)21-17(3,4)5/h13-15,18H,6-12H2,1-5H3,(H,19,20). The van der Waals surface area contributed by atoms with Crippen LogP contribution in [-0.2, 0) is 4.74 Å². The Morgan fingerprint density at radius 2 is 1.90 bits per heavy atom. The number of unbranched alkanes of at least 4 members (excludes halogenated alkanes) is 2. The average Bonchev–Trinajstić information content (AvgIpc) is 2.74. The van der Waals surface area contributed by atoms with Crippen LogP contribution >= 0.6 is 0 Å². The Morgan fingerprint density at radius 1 is 1.24 bits per heavy atom. The molecule has 2 N–H and O–H groups in total. The van der Waals surface area contributed by atoms with Crippen LogP contribution in [0.5, 0.6) is 0 Å². The van der Waals surface area contributed by atoms with Gasteiger partial charge in [0.05, 0.1) is 0 Å². The molecule has 0 aromatic rings. The second-order valence-electron chi connectivity index (χ2n) is 7.35. The van der Waals surface area contributed by atoms with E-state index in [-0.39, 0.29) is 12.1 Å². The minimum Gasteiger partial charge on any atom is -0.444 e. The van der Waals surface area contributed by atoms with Crippen molar-refractivity contribution in [3.63, 3.8) is 0 Å². The molecule has 3 atom stereocenters. The normalized spacial score (nSPS) is 23.9. The monoisotopic (exact) mass is 298 g/mol. The Kier molecular flexibility index (Phi) is 7.50. The first-order valence-corrected chi connectivity index (χ1v) is 8.57. The van der Waals surface area contributed by atoms with Gasteiger partial charge in [0.2, 0.25) is 0 Å². The summed E-state index contributed by atoms with van der Waals surface area (Å²) in [6.45, 7) is 10.2. The molecular weight excluding hydrogens is 264 g/mol. The summed E-state index contributed by atoms with van der Waals surface area (Å²) in [5, 5.41) is 6.72. The fourth-order valence-electron chi connectivity index (χ4n) is 2.94. The maximum Gasteiger partial charge on any atom is 0.407 e. The van der Waals surface area contributed by atoms with Gasteiger partial charge in [0.15, 0.2) is 0 Å². The fraction of sp³-hybridized carbons (Fsp3) is 0.941. The Balaban J connectivity index is 2.35. The van der Waals surface area contributed by atoms with Gasteiger partial charge in [-0.25, -0.2) is 4.79 Å². The van der Waals surface area contributed by atoms with E-state index >= 15 is 0 Å². The number of alkyl carbamates (subject to hydrolysis) is 1. The van der Waals surface area contributed by atoms with Crippen molar-refractivity contribution >= 4 is 6.09 Å². The minimum atomic E-state index is -0.431. The molecule has 1 fully saturated rings. The molecule has 3 unspecified atom stereocenters. The van der Waals surface area contributed by atoms with Gasteiger partial charge in [0.25, 0.3) is 0 Å². The van der Waals surface area contributed by atoms with Crippen LogP contribution < -0.4 is 10.6 Å². The van der Waals surface area contributed by atoms with Crippen LogP contribution in [0.2, 0.25) is 0 Å². The summed E-state index contributed by atoms with van der Waals surface area (Å²) in [4.78, 5) is 11.9. The molecule has 0 aliphatic heterocycles. The largest absolute Gasteiger partial charge is 0.444 e. The van der Waals surface area contributed by atoms with E-state index in [4.69, 9.17) is 4.74 Å². The lowest BCUT2D eigenvalue weighted by atomic mass is 10.1. The van der Waals surface area contributed by atoms with E-state index in [1.54, 1.807) is 0 Å². The summed E-state index contributed by atoms with van der Waals surface area (Å²) >= 11 is 0. The Labute approximate surface area is 130 Å². The number of ether oxygens (including phenoxy) is 1. The lowest BCUT2D eigenvalue weighted by Crippen LogP contribution is -2.50. The number of carbonyl (C=O) groups is 1. The van der Waals surface area contributed by atoms with Gasteiger partial charge in [-0.3, -0.25) is 0 Å². The van der Waals surface area contributed by atoms with Crippen LogP contribution in [0.1, 0.15) is 79.6 Å². The van der Waals surface area contributed by atoms with Crippen LogP contribution in [0.3, 0.4) is 0 Å². The molecule has 124 valence electrons. The fourth-order valence-corrected chi connectivity index (χ4v) is 2.94. The third kappa shape index (κ3) is 7.70. The number of nitrogens with one attached hydrogen (secondary N) is 2. The number of amides is 1. The van der Waals surface area contributed by atoms with E-state index in [1.165, 1.54) is 32.1 Å². The molecule has 0 aromatic heterocycles. The summed E-state index contributed by atoms with van der Waals surface area (Å²) in [5.41, 5.74) is -0.431. The highest BCUT2D eigenvalue weighted by molar-refractivity contribution is 5.68. The summed E-state index contributed by atoms with van der Waals surface area (Å²) in [5.74, 6) is 0. The summed E-state index contributed by atoms with van der Waals surface area (Å²) in [7, 11) is 0. The molecule has 0 radical (unpaired) electrons. The predicted octanol–water partition coefficient (Wildman–Crippen LogP) is 3.99. The van der Waals surface area contributed by atoms with Crippen LogP contribution in [0.15, 0.2) is 0 Å². The van der Waals surface area contributed by atoms with Crippen LogP contribution in [0.25, 0.3) is 0 Å². The minimum absolute atomic E-state index is 0.202. The van der Waals surface area contributed by atoms with Gasteiger partial charge in [-0.2, -0.15) is 0 Å². The van der Waals surface area contributed by atoms with Crippen molar-refractivity contribution in [1.82, 2.24) is 10.6 Å². The highest BCUT2D eigenvalue weighted by atomic mass is 16.6. The van der Waals surface area contributed by atoms with E-state index in [0.717, 1.165) is 12.8 Å². The molecule has 1 rings (SSSR count). The molecule has 0 bridgehead atoms. The van der Waals surface area contributed by atoms with Gasteiger partial charge < -0.3 is 15.4 Å². The van der Waals surface area contributed by atoms with Crippen molar-refractivity contribution in [2.75, 3.05) is 0 Å². The van der Waals surface area contributed by atoms with Crippen molar-refractivity contribution in [1.29, 1.82) is 0 Å². The zero-order valence-corrected chi connectivity index (χ0v) is 14.5. The number of hydrogen-bond donors (Lipinski definition) is 2. The van der Waals surface area contributed by atoms with Crippen molar-refractivity contribution in [2.24, 2.45) is 0 Å². The Bertz CT molecular complexity index is 312. The second kappa shape index (κ2) is 8.62. The smallest absolute Gasteiger partial charge is 0.407 e. The Morgan fingerprint density at radius 3 is 2.52 bits per heavy atom. The van der Waals surface area contributed by atoms with Gasteiger partial charge in [0, 0.05) is 18.1 Å². The van der Waals surface area contributed by atoms with Gasteiger partial charge in [-0.15, -0.1) is 0 Å². The molecule has 0 aromatic carbocycles. The molecule has 21 heavy (non-hydrogen) atoms. The molecule has 1 amide bonds. The molecule has 0 spiro atoms. The van der Waals surface area contributed by atoms with E-state index in [9.17, 15) is 4.79 Å². The van der Waals surface area contributed by atoms with Gasteiger partial charge in [0.1, 0.15) is 5.60 Å². The highest BCUT2D eigenvalue weighted by Gasteiger charge is 2.30. The van der Waals surface area contributed by atoms with E-state index in [0.29, 0.717) is 12.1 Å². The van der Waals surface area contributed by atoms with E-state index < -0.39 is 5.60 Å². The predicted molar refractivity (Wildman–Crippen MR) is 87.5 cm³/mol. The highest BCUT2D eigenvalue weighted by Crippen LogP contribution is 2.21. The summed E-state index contributed by atoms with van der Waals surface area (Å²) in [6, 6.07) is 1.10. The maximum atomic E-state index is 11.9. The quantitative estimate of drug-likeness (QED) is 0.699. The SMILES string of the molecule is CCCCCC(C)NC1CCCC1NC(=O)OC(C)(C)C. The van der Waals surface area contributed by atoms with E-state index in [1.807, 2.05) is 20.8 Å². The van der Waals surface area contributed by atoms with Gasteiger partial charge >= 0.3 is 6.09 Å². The summed E-state index contributed by atoms with van der Waals surface area (Å²) < 4.78 is 5.35. The third-order valence-corrected chi connectivity index (χ3v) is 3.96. The first kappa shape index (κ1) is 18.3. The van der Waals surface area contributed by atoms with Crippen LogP contribution in [0, 0.1) is 0 Å². The van der Waals surface area contributed by atoms with Crippen molar-refractivity contribution in [3.8, 4) is 0 Å². The summed E-state index contributed by atoms with van der Waals surface area (Å²) in [6.07, 6.45) is 8.11. The van der Waals surface area contributed by atoms with Crippen molar-refractivity contribution in [2.45, 2.75) is 103 Å². The van der Waals surface area contributed by atoms with Gasteiger partial charge in [-0.05, 0) is 53.4 Å². The molecule has 0 heterocycles. The third-order valence-electron chi connectivity index (χ3n) is 3.96. The molecule has 0 saturated heterocycles. The topological polar surface area (TPSA) is 50.4 Å². The molecule has 4 nitrogen and oxygen atoms in total. The van der Waals surface area contributed by atoms with E-state index in [2.05, 4.69) is 24.5 Å². The number of hydrogen-bond acceptors (Lipinski definition) is 3.